The lowest BCUT2D eigenvalue weighted by atomic mass is 10.3. The van der Waals surface area contributed by atoms with Crippen molar-refractivity contribution in [3.05, 3.63) is 15.8 Å². The molecular formula is C10H17NO3S2. The highest BCUT2D eigenvalue weighted by Crippen LogP contribution is 2.24. The molecule has 16 heavy (non-hydrogen) atoms. The van der Waals surface area contributed by atoms with Gasteiger partial charge in [0.05, 0.1) is 11.5 Å². The Morgan fingerprint density at radius 2 is 2.12 bits per heavy atom. The summed E-state index contributed by atoms with van der Waals surface area (Å²) >= 11 is 1.46. The maximum Gasteiger partial charge on any atom is 0.242 e. The first-order valence-electron chi connectivity index (χ1n) is 5.11. The summed E-state index contributed by atoms with van der Waals surface area (Å²) in [6.45, 7) is 5.30. The predicted octanol–water partition coefficient (Wildman–Crippen LogP) is 1.41. The topological polar surface area (TPSA) is 66.4 Å². The quantitative estimate of drug-likeness (QED) is 0.844. The Balaban J connectivity index is 2.98. The molecule has 1 aromatic heterocycles. The second kappa shape index (κ2) is 5.27. The number of hydrogen-bond acceptors (Lipinski definition) is 4. The molecule has 0 amide bonds. The SMILES string of the molecule is CC[C@H](CO)NS(=O)(=O)c1cc(C)sc1C. The molecule has 0 aliphatic carbocycles. The minimum Gasteiger partial charge on any atom is -0.395 e. The zero-order valence-electron chi connectivity index (χ0n) is 9.65. The first-order valence-corrected chi connectivity index (χ1v) is 7.41. The number of aliphatic hydroxyl groups is 1. The molecule has 0 bridgehead atoms. The Morgan fingerprint density at radius 1 is 1.50 bits per heavy atom. The molecule has 1 rings (SSSR count). The molecule has 0 aromatic carbocycles. The van der Waals surface area contributed by atoms with Crippen LogP contribution < -0.4 is 4.72 Å². The van der Waals surface area contributed by atoms with Crippen LogP contribution in [0.4, 0.5) is 0 Å². The molecule has 0 aliphatic heterocycles. The number of hydrogen-bond donors (Lipinski definition) is 2. The molecule has 1 heterocycles. The average molecular weight is 263 g/mol. The van der Waals surface area contributed by atoms with Gasteiger partial charge in [0.1, 0.15) is 0 Å². The van der Waals surface area contributed by atoms with Crippen LogP contribution in [0.2, 0.25) is 0 Å². The van der Waals surface area contributed by atoms with Crippen molar-refractivity contribution in [3.63, 3.8) is 0 Å². The van der Waals surface area contributed by atoms with Crippen LogP contribution in [-0.2, 0) is 10.0 Å². The van der Waals surface area contributed by atoms with Crippen LogP contribution in [0.25, 0.3) is 0 Å². The first kappa shape index (κ1) is 13.6. The third-order valence-electron chi connectivity index (χ3n) is 2.32. The van der Waals surface area contributed by atoms with Crippen molar-refractivity contribution in [1.82, 2.24) is 4.72 Å². The summed E-state index contributed by atoms with van der Waals surface area (Å²) in [6.07, 6.45) is 0.567. The summed E-state index contributed by atoms with van der Waals surface area (Å²) < 4.78 is 26.4. The largest absolute Gasteiger partial charge is 0.395 e. The third kappa shape index (κ3) is 3.04. The molecule has 0 saturated carbocycles. The third-order valence-corrected chi connectivity index (χ3v) is 5.06. The molecule has 4 nitrogen and oxygen atoms in total. The molecule has 0 unspecified atom stereocenters. The maximum atomic E-state index is 12.0. The predicted molar refractivity (Wildman–Crippen MR) is 65.3 cm³/mol. The van der Waals surface area contributed by atoms with Gasteiger partial charge in [0, 0.05) is 15.8 Å². The van der Waals surface area contributed by atoms with Gasteiger partial charge in [0.2, 0.25) is 10.0 Å². The van der Waals surface area contributed by atoms with Gasteiger partial charge in [-0.3, -0.25) is 0 Å². The summed E-state index contributed by atoms with van der Waals surface area (Å²) in [7, 11) is -3.49. The summed E-state index contributed by atoms with van der Waals surface area (Å²) in [5.41, 5.74) is 0. The van der Waals surface area contributed by atoms with Crippen LogP contribution in [-0.4, -0.2) is 26.2 Å². The highest BCUT2D eigenvalue weighted by molar-refractivity contribution is 7.89. The number of thiophene rings is 1. The first-order chi connectivity index (χ1) is 7.40. The van der Waals surface area contributed by atoms with Gasteiger partial charge in [-0.05, 0) is 26.3 Å². The van der Waals surface area contributed by atoms with Crippen molar-refractivity contribution < 1.29 is 13.5 Å². The van der Waals surface area contributed by atoms with Crippen molar-refractivity contribution >= 4 is 21.4 Å². The number of rotatable bonds is 5. The fraction of sp³-hybridized carbons (Fsp3) is 0.600. The number of nitrogens with one attached hydrogen (secondary N) is 1. The van der Waals surface area contributed by atoms with Crippen LogP contribution in [0.1, 0.15) is 23.1 Å². The molecule has 1 aromatic rings. The van der Waals surface area contributed by atoms with Gasteiger partial charge >= 0.3 is 0 Å². The number of sulfonamides is 1. The van der Waals surface area contributed by atoms with E-state index < -0.39 is 16.1 Å². The molecule has 0 saturated heterocycles. The van der Waals surface area contributed by atoms with E-state index in [1.807, 2.05) is 13.8 Å². The minimum atomic E-state index is -3.49. The standard InChI is InChI=1S/C10H17NO3S2/c1-4-9(6-12)11-16(13,14)10-5-7(2)15-8(10)3/h5,9,11-12H,4,6H2,1-3H3/t9-/m1/s1. The van der Waals surface area contributed by atoms with Gasteiger partial charge in [-0.15, -0.1) is 11.3 Å². The van der Waals surface area contributed by atoms with E-state index in [1.165, 1.54) is 11.3 Å². The monoisotopic (exact) mass is 263 g/mol. The van der Waals surface area contributed by atoms with E-state index in [1.54, 1.807) is 13.0 Å². The van der Waals surface area contributed by atoms with E-state index >= 15 is 0 Å². The molecule has 0 spiro atoms. The second-order valence-electron chi connectivity index (χ2n) is 3.69. The molecular weight excluding hydrogens is 246 g/mol. The van der Waals surface area contributed by atoms with Crippen LogP contribution in [0.5, 0.6) is 0 Å². The van der Waals surface area contributed by atoms with Crippen molar-refractivity contribution in [2.45, 2.75) is 38.1 Å². The Hall–Kier alpha value is -0.430. The van der Waals surface area contributed by atoms with Crippen molar-refractivity contribution in [1.29, 1.82) is 0 Å². The molecule has 0 aliphatic rings. The van der Waals surface area contributed by atoms with E-state index in [9.17, 15) is 8.42 Å². The van der Waals surface area contributed by atoms with E-state index in [0.29, 0.717) is 11.3 Å². The Labute approximate surface area is 100 Å². The Morgan fingerprint density at radius 3 is 2.50 bits per heavy atom. The van der Waals surface area contributed by atoms with Crippen LogP contribution in [0, 0.1) is 13.8 Å². The van der Waals surface area contributed by atoms with Crippen molar-refractivity contribution in [2.75, 3.05) is 6.61 Å². The van der Waals surface area contributed by atoms with Gasteiger partial charge in [0.25, 0.3) is 0 Å². The molecule has 1 atom stereocenters. The van der Waals surface area contributed by atoms with Gasteiger partial charge < -0.3 is 5.11 Å². The van der Waals surface area contributed by atoms with E-state index in [0.717, 1.165) is 9.75 Å². The van der Waals surface area contributed by atoms with E-state index in [-0.39, 0.29) is 6.61 Å². The lowest BCUT2D eigenvalue weighted by Gasteiger charge is -2.13. The molecule has 6 heteroatoms. The number of aliphatic hydroxyl groups excluding tert-OH is 1. The van der Waals surface area contributed by atoms with Crippen LogP contribution in [0.3, 0.4) is 0 Å². The molecule has 92 valence electrons. The van der Waals surface area contributed by atoms with Crippen LogP contribution >= 0.6 is 11.3 Å². The van der Waals surface area contributed by atoms with E-state index in [4.69, 9.17) is 5.11 Å². The normalized spacial score (nSPS) is 14.0. The zero-order valence-corrected chi connectivity index (χ0v) is 11.3. The van der Waals surface area contributed by atoms with Crippen molar-refractivity contribution in [2.24, 2.45) is 0 Å². The average Bonchev–Trinajstić information content (AvgIpc) is 2.55. The summed E-state index contributed by atoms with van der Waals surface area (Å²) in [5.74, 6) is 0. The zero-order chi connectivity index (χ0) is 12.3. The molecule has 2 N–H and O–H groups in total. The van der Waals surface area contributed by atoms with Gasteiger partial charge in [-0.25, -0.2) is 13.1 Å². The van der Waals surface area contributed by atoms with Gasteiger partial charge in [-0.1, -0.05) is 6.92 Å². The summed E-state index contributed by atoms with van der Waals surface area (Å²) in [5, 5.41) is 8.99. The summed E-state index contributed by atoms with van der Waals surface area (Å²) in [6, 6.07) is 1.25. The summed E-state index contributed by atoms with van der Waals surface area (Å²) in [4.78, 5) is 2.06. The Bertz CT molecular complexity index is 447. The minimum absolute atomic E-state index is 0.183. The highest BCUT2D eigenvalue weighted by atomic mass is 32.2. The molecule has 0 fully saturated rings. The van der Waals surface area contributed by atoms with Crippen LogP contribution in [0.15, 0.2) is 11.0 Å². The lowest BCUT2D eigenvalue weighted by molar-refractivity contribution is 0.254. The van der Waals surface area contributed by atoms with Crippen molar-refractivity contribution in [3.8, 4) is 0 Å². The molecule has 0 radical (unpaired) electrons. The lowest BCUT2D eigenvalue weighted by Crippen LogP contribution is -2.36. The highest BCUT2D eigenvalue weighted by Gasteiger charge is 2.21. The van der Waals surface area contributed by atoms with E-state index in [2.05, 4.69) is 4.72 Å². The van der Waals surface area contributed by atoms with Gasteiger partial charge in [-0.2, -0.15) is 0 Å². The maximum absolute atomic E-state index is 12.0. The number of aryl methyl sites for hydroxylation is 2. The Kier molecular flexibility index (Phi) is 4.49. The fourth-order valence-corrected chi connectivity index (χ4v) is 4.27. The second-order valence-corrected chi connectivity index (χ2v) is 6.83. The fourth-order valence-electron chi connectivity index (χ4n) is 1.41. The van der Waals surface area contributed by atoms with Gasteiger partial charge in [0.15, 0.2) is 0 Å². The smallest absolute Gasteiger partial charge is 0.242 e.